The summed E-state index contributed by atoms with van der Waals surface area (Å²) in [5.74, 6) is -0.0753. The first-order valence-electron chi connectivity index (χ1n) is 9.70. The number of carbonyl (C=O) groups is 1. The molecule has 1 amide bonds. The summed E-state index contributed by atoms with van der Waals surface area (Å²) in [4.78, 5) is 20.4. The molecule has 0 saturated heterocycles. The summed E-state index contributed by atoms with van der Waals surface area (Å²) in [6.07, 6.45) is 1.09. The molecule has 9 nitrogen and oxygen atoms in total. The van der Waals surface area contributed by atoms with E-state index >= 15 is 0 Å². The molecule has 10 heteroatoms. The molecule has 5 N–H and O–H groups in total. The molecule has 0 aliphatic carbocycles. The first-order chi connectivity index (χ1) is 14.9. The summed E-state index contributed by atoms with van der Waals surface area (Å²) < 4.78 is 20.1. The Morgan fingerprint density at radius 3 is 2.74 bits per heavy atom. The fraction of sp³-hybridized carbons (Fsp3) is 0.190. The number of aromatic nitrogens is 2. The van der Waals surface area contributed by atoms with Crippen LogP contribution in [0.1, 0.15) is 19.4 Å². The van der Waals surface area contributed by atoms with E-state index in [0.29, 0.717) is 17.1 Å². The number of hydrogen-bond acceptors (Lipinski definition) is 8. The summed E-state index contributed by atoms with van der Waals surface area (Å²) in [5, 5.41) is 8.81. The number of hydrogen-bond donors (Lipinski definition) is 5. The van der Waals surface area contributed by atoms with Crippen molar-refractivity contribution in [2.24, 2.45) is 0 Å². The van der Waals surface area contributed by atoms with Crippen LogP contribution in [0.5, 0.6) is 5.75 Å². The van der Waals surface area contributed by atoms with Crippen molar-refractivity contribution in [2.75, 3.05) is 21.4 Å². The normalized spacial score (nSPS) is 15.8. The van der Waals surface area contributed by atoms with Crippen molar-refractivity contribution < 1.29 is 13.9 Å². The highest BCUT2D eigenvalue weighted by molar-refractivity contribution is 6.00. The molecular formula is C21H20FN7O2. The van der Waals surface area contributed by atoms with E-state index in [1.807, 2.05) is 18.2 Å². The smallest absolute Gasteiger partial charge is 0.268 e. The molecule has 0 fully saturated rings. The second kappa shape index (κ2) is 7.10. The molecule has 2 aliphatic heterocycles. The zero-order valence-electron chi connectivity index (χ0n) is 16.8. The molecule has 5 rings (SSSR count). The zero-order chi connectivity index (χ0) is 21.6. The quantitative estimate of drug-likeness (QED) is 0.434. The summed E-state index contributed by atoms with van der Waals surface area (Å²) >= 11 is 0. The Kier molecular flexibility index (Phi) is 4.36. The van der Waals surface area contributed by atoms with Gasteiger partial charge in [-0.3, -0.25) is 4.79 Å². The number of hydrazine groups is 1. The standard InChI is InChI=1S/C21H20FN7O2/c1-21(2)19(30)27-16-8-12(5-6-17(16)31-21)25-18-14(22)10-23-20(28-18)26-13-4-3-11-9-24-29-15(11)7-13/h3-8,10,24,29H,9H2,1-2H3,(H,27,30)(H2,23,25,26,28). The van der Waals surface area contributed by atoms with Crippen LogP contribution >= 0.6 is 0 Å². The highest BCUT2D eigenvalue weighted by atomic mass is 19.1. The topological polar surface area (TPSA) is 112 Å². The summed E-state index contributed by atoms with van der Waals surface area (Å²) in [6, 6.07) is 10.9. The number of amides is 1. The summed E-state index contributed by atoms with van der Waals surface area (Å²) in [7, 11) is 0. The first kappa shape index (κ1) is 19.1. The minimum absolute atomic E-state index is 0.00165. The molecule has 2 aromatic carbocycles. The molecule has 0 unspecified atom stereocenters. The fourth-order valence-electron chi connectivity index (χ4n) is 3.33. The Morgan fingerprint density at radius 1 is 1.10 bits per heavy atom. The molecular weight excluding hydrogens is 401 g/mol. The lowest BCUT2D eigenvalue weighted by atomic mass is 10.1. The molecule has 0 spiro atoms. The molecule has 158 valence electrons. The maximum atomic E-state index is 14.3. The third-order valence-corrected chi connectivity index (χ3v) is 5.01. The van der Waals surface area contributed by atoms with Crippen LogP contribution in [-0.4, -0.2) is 21.5 Å². The number of carbonyl (C=O) groups excluding carboxylic acids is 1. The SMILES string of the molecule is CC1(C)Oc2ccc(Nc3nc(Nc4ccc5c(c4)NNC5)ncc3F)cc2NC1=O. The lowest BCUT2D eigenvalue weighted by molar-refractivity contribution is -0.129. The number of benzene rings is 2. The Bertz CT molecular complexity index is 1200. The van der Waals surface area contributed by atoms with Gasteiger partial charge in [-0.2, -0.15) is 4.98 Å². The highest BCUT2D eigenvalue weighted by Crippen LogP contribution is 2.36. The van der Waals surface area contributed by atoms with Crippen molar-refractivity contribution in [3.63, 3.8) is 0 Å². The maximum Gasteiger partial charge on any atom is 0.268 e. The van der Waals surface area contributed by atoms with E-state index in [0.717, 1.165) is 29.7 Å². The number of fused-ring (bicyclic) bond motifs is 2. The summed E-state index contributed by atoms with van der Waals surface area (Å²) in [6.45, 7) is 4.13. The maximum absolute atomic E-state index is 14.3. The van der Waals surface area contributed by atoms with Crippen LogP contribution in [0.25, 0.3) is 0 Å². The molecule has 3 heterocycles. The van der Waals surface area contributed by atoms with Gasteiger partial charge in [-0.25, -0.2) is 14.8 Å². The number of nitrogens with zero attached hydrogens (tertiary/aromatic N) is 2. The van der Waals surface area contributed by atoms with Crippen LogP contribution in [0.3, 0.4) is 0 Å². The fourth-order valence-corrected chi connectivity index (χ4v) is 3.33. The lowest BCUT2D eigenvalue weighted by Crippen LogP contribution is -2.45. The number of rotatable bonds is 4. The van der Waals surface area contributed by atoms with Gasteiger partial charge in [0.2, 0.25) is 5.95 Å². The van der Waals surface area contributed by atoms with E-state index in [2.05, 4.69) is 36.8 Å². The van der Waals surface area contributed by atoms with Crippen molar-refractivity contribution in [3.8, 4) is 5.75 Å². The molecule has 0 saturated carbocycles. The Balaban J connectivity index is 1.37. The van der Waals surface area contributed by atoms with E-state index in [1.165, 1.54) is 0 Å². The molecule has 3 aromatic rings. The van der Waals surface area contributed by atoms with Crippen molar-refractivity contribution in [1.29, 1.82) is 0 Å². The van der Waals surface area contributed by atoms with Gasteiger partial charge in [-0.1, -0.05) is 6.07 Å². The van der Waals surface area contributed by atoms with Crippen molar-refractivity contribution in [2.45, 2.75) is 26.0 Å². The van der Waals surface area contributed by atoms with Gasteiger partial charge in [0.05, 0.1) is 17.6 Å². The van der Waals surface area contributed by atoms with Gasteiger partial charge in [-0.05, 0) is 49.7 Å². The minimum Gasteiger partial charge on any atom is -0.476 e. The Hall–Kier alpha value is -3.92. The van der Waals surface area contributed by atoms with E-state index in [1.54, 1.807) is 32.0 Å². The van der Waals surface area contributed by atoms with Gasteiger partial charge in [0.1, 0.15) is 5.75 Å². The first-order valence-corrected chi connectivity index (χ1v) is 9.70. The van der Waals surface area contributed by atoms with Crippen molar-refractivity contribution >= 4 is 40.4 Å². The van der Waals surface area contributed by atoms with Gasteiger partial charge < -0.3 is 26.1 Å². The number of ether oxygens (including phenoxy) is 1. The van der Waals surface area contributed by atoms with E-state index < -0.39 is 11.4 Å². The third-order valence-electron chi connectivity index (χ3n) is 5.01. The van der Waals surface area contributed by atoms with Crippen molar-refractivity contribution in [3.05, 3.63) is 54.0 Å². The molecule has 31 heavy (non-hydrogen) atoms. The molecule has 0 radical (unpaired) electrons. The van der Waals surface area contributed by atoms with Gasteiger partial charge in [-0.15, -0.1) is 0 Å². The van der Waals surface area contributed by atoms with Gasteiger partial charge >= 0.3 is 0 Å². The van der Waals surface area contributed by atoms with Crippen molar-refractivity contribution in [1.82, 2.24) is 15.4 Å². The van der Waals surface area contributed by atoms with Crippen LogP contribution in [0.4, 0.5) is 38.9 Å². The van der Waals surface area contributed by atoms with E-state index in [4.69, 9.17) is 4.74 Å². The van der Waals surface area contributed by atoms with Crippen LogP contribution in [0.2, 0.25) is 0 Å². The second-order valence-corrected chi connectivity index (χ2v) is 7.77. The monoisotopic (exact) mass is 421 g/mol. The molecule has 0 bridgehead atoms. The molecule has 1 aromatic heterocycles. The number of nitrogens with one attached hydrogen (secondary N) is 5. The van der Waals surface area contributed by atoms with Crippen LogP contribution < -0.4 is 31.5 Å². The summed E-state index contributed by atoms with van der Waals surface area (Å²) in [5.41, 5.74) is 9.09. The predicted molar refractivity (Wildman–Crippen MR) is 115 cm³/mol. The molecule has 0 atom stereocenters. The zero-order valence-corrected chi connectivity index (χ0v) is 16.8. The minimum atomic E-state index is -0.954. The average Bonchev–Trinajstić information content (AvgIpc) is 3.19. The number of halogens is 1. The van der Waals surface area contributed by atoms with Crippen LogP contribution in [0, 0.1) is 5.82 Å². The second-order valence-electron chi connectivity index (χ2n) is 7.77. The molecule has 2 aliphatic rings. The van der Waals surface area contributed by atoms with Gasteiger partial charge in [0.25, 0.3) is 5.91 Å². The van der Waals surface area contributed by atoms with E-state index in [-0.39, 0.29) is 17.7 Å². The Labute approximate surface area is 177 Å². The average molecular weight is 421 g/mol. The van der Waals surface area contributed by atoms with Crippen LogP contribution in [0.15, 0.2) is 42.6 Å². The lowest BCUT2D eigenvalue weighted by Gasteiger charge is -2.31. The Morgan fingerprint density at radius 2 is 1.87 bits per heavy atom. The third kappa shape index (κ3) is 3.68. The van der Waals surface area contributed by atoms with Gasteiger partial charge in [0.15, 0.2) is 17.2 Å². The largest absolute Gasteiger partial charge is 0.476 e. The van der Waals surface area contributed by atoms with Crippen LogP contribution in [-0.2, 0) is 11.3 Å². The predicted octanol–water partition coefficient (Wildman–Crippen LogP) is 3.64. The highest BCUT2D eigenvalue weighted by Gasteiger charge is 2.35. The van der Waals surface area contributed by atoms with Gasteiger partial charge in [0, 0.05) is 17.9 Å². The van der Waals surface area contributed by atoms with E-state index in [9.17, 15) is 9.18 Å². The number of anilines is 6.